The molecule has 2 saturated heterocycles. The van der Waals surface area contributed by atoms with Gasteiger partial charge in [-0.25, -0.2) is 4.79 Å². The molecule has 3 aliphatic heterocycles. The van der Waals surface area contributed by atoms with E-state index in [4.69, 9.17) is 13.9 Å². The molecule has 27 heavy (non-hydrogen) atoms. The second kappa shape index (κ2) is 6.31. The van der Waals surface area contributed by atoms with Gasteiger partial charge in [0.1, 0.15) is 11.8 Å². The van der Waals surface area contributed by atoms with E-state index in [9.17, 15) is 9.59 Å². The Labute approximate surface area is 155 Å². The molecule has 0 saturated carbocycles. The van der Waals surface area contributed by atoms with Crippen molar-refractivity contribution in [3.63, 3.8) is 0 Å². The topological polar surface area (TPSA) is 75.5 Å². The molecule has 4 heterocycles. The summed E-state index contributed by atoms with van der Waals surface area (Å²) in [4.78, 5) is 30.5. The summed E-state index contributed by atoms with van der Waals surface area (Å²) in [7, 11) is 0. The fourth-order valence-electron chi connectivity index (χ4n) is 3.85. The summed E-state index contributed by atoms with van der Waals surface area (Å²) < 4.78 is 16.1. The average Bonchev–Trinajstić information content (AvgIpc) is 3.40. The predicted octanol–water partition coefficient (Wildman–Crippen LogP) is 1.66. The van der Waals surface area contributed by atoms with E-state index in [1.165, 1.54) is 4.90 Å². The van der Waals surface area contributed by atoms with Crippen molar-refractivity contribution in [3.05, 3.63) is 47.9 Å². The fraction of sp³-hybridized carbons (Fsp3) is 0.368. The lowest BCUT2D eigenvalue weighted by Crippen LogP contribution is -2.52. The van der Waals surface area contributed by atoms with Gasteiger partial charge >= 0.3 is 6.03 Å². The van der Waals surface area contributed by atoms with Crippen molar-refractivity contribution in [1.82, 2.24) is 14.7 Å². The molecule has 1 aromatic carbocycles. The van der Waals surface area contributed by atoms with E-state index in [0.29, 0.717) is 25.4 Å². The predicted molar refractivity (Wildman–Crippen MR) is 93.0 cm³/mol. The molecule has 0 bridgehead atoms. The molecule has 0 radical (unpaired) electrons. The van der Waals surface area contributed by atoms with Crippen molar-refractivity contribution in [2.75, 3.05) is 26.4 Å². The normalized spacial score (nSPS) is 21.9. The van der Waals surface area contributed by atoms with E-state index < -0.39 is 6.04 Å². The van der Waals surface area contributed by atoms with E-state index in [-0.39, 0.29) is 25.3 Å². The van der Waals surface area contributed by atoms with E-state index in [1.54, 1.807) is 23.3 Å². The van der Waals surface area contributed by atoms with Crippen molar-refractivity contribution >= 4 is 11.9 Å². The second-order valence-corrected chi connectivity index (χ2v) is 6.92. The summed E-state index contributed by atoms with van der Waals surface area (Å²) in [6, 6.07) is 8.73. The molecule has 1 atom stereocenters. The third-order valence-corrected chi connectivity index (χ3v) is 5.23. The molecule has 1 aromatic heterocycles. The van der Waals surface area contributed by atoms with Gasteiger partial charge in [0.15, 0.2) is 11.5 Å². The number of amides is 3. The van der Waals surface area contributed by atoms with Gasteiger partial charge in [-0.3, -0.25) is 14.6 Å². The Bertz CT molecular complexity index is 881. The number of piperazine rings is 1. The fourth-order valence-corrected chi connectivity index (χ4v) is 3.85. The SMILES string of the molecule is O=C1C2CN(Cc3ccc4c(c3)OCO4)CCN2C(=O)N1Cc1ccco1. The van der Waals surface area contributed by atoms with Crippen LogP contribution in [0.25, 0.3) is 0 Å². The molecule has 2 aromatic rings. The van der Waals surface area contributed by atoms with Crippen LogP contribution in [0, 0.1) is 0 Å². The van der Waals surface area contributed by atoms with Crippen LogP contribution in [0.5, 0.6) is 11.5 Å². The van der Waals surface area contributed by atoms with Gasteiger partial charge < -0.3 is 18.8 Å². The first kappa shape index (κ1) is 16.2. The Kier molecular flexibility index (Phi) is 3.78. The summed E-state index contributed by atoms with van der Waals surface area (Å²) >= 11 is 0. The number of hydrogen-bond donors (Lipinski definition) is 0. The zero-order valence-corrected chi connectivity index (χ0v) is 14.7. The smallest absolute Gasteiger partial charge is 0.327 e. The molecular formula is C19H19N3O5. The highest BCUT2D eigenvalue weighted by Gasteiger charge is 2.47. The first-order chi connectivity index (χ1) is 13.2. The quantitative estimate of drug-likeness (QED) is 0.763. The molecule has 2 fully saturated rings. The number of hydrogen-bond acceptors (Lipinski definition) is 6. The van der Waals surface area contributed by atoms with Crippen LogP contribution < -0.4 is 9.47 Å². The summed E-state index contributed by atoms with van der Waals surface area (Å²) in [6.45, 7) is 2.91. The van der Waals surface area contributed by atoms with Crippen LogP contribution in [0.3, 0.4) is 0 Å². The molecule has 5 rings (SSSR count). The monoisotopic (exact) mass is 369 g/mol. The maximum atomic E-state index is 12.8. The third kappa shape index (κ3) is 2.82. The number of urea groups is 1. The van der Waals surface area contributed by atoms with Crippen LogP contribution in [0.4, 0.5) is 4.79 Å². The molecule has 8 nitrogen and oxygen atoms in total. The van der Waals surface area contributed by atoms with Crippen LogP contribution in [-0.4, -0.2) is 59.1 Å². The summed E-state index contributed by atoms with van der Waals surface area (Å²) in [6.07, 6.45) is 1.54. The number of benzene rings is 1. The van der Waals surface area contributed by atoms with Gasteiger partial charge in [-0.05, 0) is 29.8 Å². The number of ether oxygens (including phenoxy) is 2. The molecule has 0 N–H and O–H groups in total. The zero-order chi connectivity index (χ0) is 18.4. The third-order valence-electron chi connectivity index (χ3n) is 5.23. The number of rotatable bonds is 4. The zero-order valence-electron chi connectivity index (χ0n) is 14.7. The van der Waals surface area contributed by atoms with Gasteiger partial charge in [0.05, 0.1) is 12.8 Å². The molecule has 3 amide bonds. The lowest BCUT2D eigenvalue weighted by atomic mass is 10.1. The Morgan fingerprint density at radius 3 is 2.78 bits per heavy atom. The van der Waals surface area contributed by atoms with E-state index >= 15 is 0 Å². The van der Waals surface area contributed by atoms with Crippen LogP contribution in [0.15, 0.2) is 41.0 Å². The number of carbonyl (C=O) groups excluding carboxylic acids is 2. The number of fused-ring (bicyclic) bond motifs is 2. The molecule has 8 heteroatoms. The molecule has 0 spiro atoms. The lowest BCUT2D eigenvalue weighted by molar-refractivity contribution is -0.130. The summed E-state index contributed by atoms with van der Waals surface area (Å²) in [5, 5.41) is 0. The minimum atomic E-state index is -0.435. The minimum absolute atomic E-state index is 0.160. The van der Waals surface area contributed by atoms with Crippen molar-refractivity contribution in [1.29, 1.82) is 0 Å². The van der Waals surface area contributed by atoms with E-state index in [0.717, 1.165) is 23.6 Å². The summed E-state index contributed by atoms with van der Waals surface area (Å²) in [5.41, 5.74) is 1.09. The van der Waals surface area contributed by atoms with E-state index in [1.807, 2.05) is 18.2 Å². The summed E-state index contributed by atoms with van der Waals surface area (Å²) in [5.74, 6) is 1.96. The minimum Gasteiger partial charge on any atom is -0.467 e. The standard InChI is InChI=1S/C19H19N3O5/c23-18-15-11-20(9-13-3-4-16-17(8-13)27-12-26-16)5-6-21(15)19(24)22(18)10-14-2-1-7-25-14/h1-4,7-8,15H,5-6,9-12H2. The molecule has 0 aliphatic carbocycles. The molecule has 140 valence electrons. The van der Waals surface area contributed by atoms with Gasteiger partial charge in [-0.1, -0.05) is 6.07 Å². The largest absolute Gasteiger partial charge is 0.467 e. The van der Waals surface area contributed by atoms with Crippen molar-refractivity contribution in [2.45, 2.75) is 19.1 Å². The average molecular weight is 369 g/mol. The van der Waals surface area contributed by atoms with Gasteiger partial charge in [0, 0.05) is 26.2 Å². The molecular weight excluding hydrogens is 350 g/mol. The maximum Gasteiger partial charge on any atom is 0.327 e. The van der Waals surface area contributed by atoms with Gasteiger partial charge in [0.2, 0.25) is 6.79 Å². The number of carbonyl (C=O) groups is 2. The first-order valence-electron chi connectivity index (χ1n) is 8.94. The highest BCUT2D eigenvalue weighted by Crippen LogP contribution is 2.33. The van der Waals surface area contributed by atoms with Crippen molar-refractivity contribution in [3.8, 4) is 11.5 Å². The van der Waals surface area contributed by atoms with Crippen LogP contribution in [0.1, 0.15) is 11.3 Å². The Morgan fingerprint density at radius 2 is 1.93 bits per heavy atom. The lowest BCUT2D eigenvalue weighted by Gasteiger charge is -2.35. The number of nitrogens with zero attached hydrogens (tertiary/aromatic N) is 3. The molecule has 3 aliphatic rings. The van der Waals surface area contributed by atoms with Crippen LogP contribution >= 0.6 is 0 Å². The number of imide groups is 1. The van der Waals surface area contributed by atoms with Gasteiger partial charge in [-0.15, -0.1) is 0 Å². The Morgan fingerprint density at radius 1 is 1.04 bits per heavy atom. The van der Waals surface area contributed by atoms with Gasteiger partial charge in [0.25, 0.3) is 5.91 Å². The first-order valence-corrected chi connectivity index (χ1v) is 8.94. The Balaban J connectivity index is 1.28. The maximum absolute atomic E-state index is 12.8. The highest BCUT2D eigenvalue weighted by molar-refractivity contribution is 6.04. The van der Waals surface area contributed by atoms with Gasteiger partial charge in [-0.2, -0.15) is 0 Å². The van der Waals surface area contributed by atoms with E-state index in [2.05, 4.69) is 4.90 Å². The second-order valence-electron chi connectivity index (χ2n) is 6.92. The van der Waals surface area contributed by atoms with Crippen molar-refractivity contribution in [2.24, 2.45) is 0 Å². The number of furan rings is 1. The highest BCUT2D eigenvalue weighted by atomic mass is 16.7. The molecule has 1 unspecified atom stereocenters. The van der Waals surface area contributed by atoms with Crippen molar-refractivity contribution < 1.29 is 23.5 Å². The van der Waals surface area contributed by atoms with Crippen LogP contribution in [-0.2, 0) is 17.9 Å². The Hall–Kier alpha value is -3.00. The van der Waals surface area contributed by atoms with Crippen LogP contribution in [0.2, 0.25) is 0 Å².